The molecule has 94 valence electrons. The highest BCUT2D eigenvalue weighted by molar-refractivity contribution is 5.99. The van der Waals surface area contributed by atoms with Crippen LogP contribution in [0.4, 0.5) is 10.1 Å². The fourth-order valence-electron chi connectivity index (χ4n) is 1.55. The summed E-state index contributed by atoms with van der Waals surface area (Å²) in [6, 6.07) is 4.36. The fourth-order valence-corrected chi connectivity index (χ4v) is 1.55. The van der Waals surface area contributed by atoms with Crippen LogP contribution in [0, 0.1) is 11.7 Å². The third-order valence-electron chi connectivity index (χ3n) is 3.18. The van der Waals surface area contributed by atoms with E-state index in [0.29, 0.717) is 5.92 Å². The van der Waals surface area contributed by atoms with Crippen LogP contribution in [0.25, 0.3) is 0 Å². The van der Waals surface area contributed by atoms with E-state index in [2.05, 4.69) is 0 Å². The van der Waals surface area contributed by atoms with Crippen molar-refractivity contribution < 1.29 is 9.18 Å². The lowest BCUT2D eigenvalue weighted by molar-refractivity contribution is 0.0708. The number of carbonyl (C=O) groups is 1. The number of rotatable bonds is 3. The molecule has 4 heteroatoms. The van der Waals surface area contributed by atoms with Crippen LogP contribution in [0.1, 0.15) is 31.1 Å². The molecule has 0 saturated heterocycles. The molecule has 1 amide bonds. The van der Waals surface area contributed by atoms with Crippen LogP contribution in [0.3, 0.4) is 0 Å². The molecule has 0 heterocycles. The molecule has 17 heavy (non-hydrogen) atoms. The van der Waals surface area contributed by atoms with Crippen LogP contribution in [-0.2, 0) is 0 Å². The van der Waals surface area contributed by atoms with Crippen molar-refractivity contribution in [2.75, 3.05) is 12.8 Å². The maximum atomic E-state index is 13.3. The summed E-state index contributed by atoms with van der Waals surface area (Å²) in [4.78, 5) is 13.7. The van der Waals surface area contributed by atoms with E-state index in [9.17, 15) is 9.18 Å². The summed E-state index contributed by atoms with van der Waals surface area (Å²) in [6.45, 7) is 6.02. The second kappa shape index (κ2) is 5.17. The Morgan fingerprint density at radius 2 is 1.94 bits per heavy atom. The number of carbonyl (C=O) groups excluding carboxylic acids is 1. The number of nitrogens with zero attached hydrogens (tertiary/aromatic N) is 1. The minimum Gasteiger partial charge on any atom is -0.396 e. The number of para-hydroxylation sites is 1. The topological polar surface area (TPSA) is 46.3 Å². The lowest BCUT2D eigenvalue weighted by atomic mass is 10.0. The van der Waals surface area contributed by atoms with Crippen LogP contribution in [0.2, 0.25) is 0 Å². The molecule has 0 bridgehead atoms. The van der Waals surface area contributed by atoms with Gasteiger partial charge in [-0.2, -0.15) is 0 Å². The van der Waals surface area contributed by atoms with Gasteiger partial charge >= 0.3 is 0 Å². The first-order valence-corrected chi connectivity index (χ1v) is 5.67. The number of anilines is 1. The van der Waals surface area contributed by atoms with Crippen LogP contribution in [0.15, 0.2) is 18.2 Å². The molecule has 1 aromatic carbocycles. The van der Waals surface area contributed by atoms with Gasteiger partial charge in [0.2, 0.25) is 0 Å². The van der Waals surface area contributed by atoms with Crippen molar-refractivity contribution in [2.45, 2.75) is 26.8 Å². The summed E-state index contributed by atoms with van der Waals surface area (Å²) in [7, 11) is 1.71. The minimum atomic E-state index is -0.554. The van der Waals surface area contributed by atoms with Crippen molar-refractivity contribution in [3.63, 3.8) is 0 Å². The Bertz CT molecular complexity index is 418. The molecule has 0 aliphatic heterocycles. The maximum Gasteiger partial charge on any atom is 0.256 e. The molecule has 0 aliphatic rings. The largest absolute Gasteiger partial charge is 0.396 e. The van der Waals surface area contributed by atoms with E-state index in [4.69, 9.17) is 5.73 Å². The van der Waals surface area contributed by atoms with E-state index in [1.165, 1.54) is 12.1 Å². The van der Waals surface area contributed by atoms with Gasteiger partial charge in [-0.3, -0.25) is 4.79 Å². The quantitative estimate of drug-likeness (QED) is 0.822. The average Bonchev–Trinajstić information content (AvgIpc) is 2.29. The number of amides is 1. The Morgan fingerprint density at radius 3 is 2.47 bits per heavy atom. The number of benzene rings is 1. The van der Waals surface area contributed by atoms with Crippen LogP contribution in [-0.4, -0.2) is 23.9 Å². The Balaban J connectivity index is 3.01. The van der Waals surface area contributed by atoms with Gasteiger partial charge in [-0.25, -0.2) is 4.39 Å². The first-order chi connectivity index (χ1) is 7.86. The summed E-state index contributed by atoms with van der Waals surface area (Å²) in [5, 5.41) is 0. The predicted octanol–water partition coefficient (Wildman–Crippen LogP) is 2.52. The lowest BCUT2D eigenvalue weighted by Crippen LogP contribution is -2.38. The Labute approximate surface area is 101 Å². The SMILES string of the molecule is CC(C)C(C)N(C)C(=O)c1cccc(F)c1N. The Hall–Kier alpha value is -1.58. The molecule has 1 unspecified atom stereocenters. The summed E-state index contributed by atoms with van der Waals surface area (Å²) in [5.74, 6) is -0.469. The van der Waals surface area contributed by atoms with Crippen LogP contribution >= 0.6 is 0 Å². The average molecular weight is 238 g/mol. The molecule has 0 fully saturated rings. The lowest BCUT2D eigenvalue weighted by Gasteiger charge is -2.28. The summed E-state index contributed by atoms with van der Waals surface area (Å²) in [6.07, 6.45) is 0. The molecular formula is C13H19FN2O. The standard InChI is InChI=1S/C13H19FN2O/c1-8(2)9(3)16(4)13(17)10-6-5-7-11(14)12(10)15/h5-9H,15H2,1-4H3. The van der Waals surface area contributed by atoms with Crippen molar-refractivity contribution in [3.05, 3.63) is 29.6 Å². The molecular weight excluding hydrogens is 219 g/mol. The smallest absolute Gasteiger partial charge is 0.256 e. The minimum absolute atomic E-state index is 0.0742. The summed E-state index contributed by atoms with van der Waals surface area (Å²) < 4.78 is 13.3. The van der Waals surface area contributed by atoms with Gasteiger partial charge in [0, 0.05) is 13.1 Å². The second-order valence-electron chi connectivity index (χ2n) is 4.60. The molecule has 2 N–H and O–H groups in total. The van der Waals surface area contributed by atoms with Gasteiger partial charge in [0.1, 0.15) is 5.82 Å². The third-order valence-corrected chi connectivity index (χ3v) is 3.18. The Kier molecular flexibility index (Phi) is 4.10. The van der Waals surface area contributed by atoms with Gasteiger partial charge in [-0.05, 0) is 25.0 Å². The number of hydrogen-bond donors (Lipinski definition) is 1. The predicted molar refractivity (Wildman–Crippen MR) is 67.2 cm³/mol. The highest BCUT2D eigenvalue weighted by Gasteiger charge is 2.22. The van der Waals surface area contributed by atoms with Gasteiger partial charge in [-0.1, -0.05) is 19.9 Å². The zero-order valence-electron chi connectivity index (χ0n) is 10.7. The van der Waals surface area contributed by atoms with Gasteiger partial charge in [0.15, 0.2) is 0 Å². The van der Waals surface area contributed by atoms with Crippen molar-refractivity contribution in [1.82, 2.24) is 4.90 Å². The van der Waals surface area contributed by atoms with Crippen molar-refractivity contribution >= 4 is 11.6 Å². The summed E-state index contributed by atoms with van der Waals surface area (Å²) >= 11 is 0. The van der Waals surface area contributed by atoms with Crippen LogP contribution < -0.4 is 5.73 Å². The molecule has 0 spiro atoms. The molecule has 0 aliphatic carbocycles. The van der Waals surface area contributed by atoms with Gasteiger partial charge in [-0.15, -0.1) is 0 Å². The molecule has 1 rings (SSSR count). The van der Waals surface area contributed by atoms with E-state index >= 15 is 0 Å². The zero-order valence-corrected chi connectivity index (χ0v) is 10.7. The number of halogens is 1. The molecule has 3 nitrogen and oxygen atoms in total. The Morgan fingerprint density at radius 1 is 1.35 bits per heavy atom. The van der Waals surface area contributed by atoms with E-state index in [1.54, 1.807) is 18.0 Å². The molecule has 0 aromatic heterocycles. The van der Waals surface area contributed by atoms with E-state index in [0.717, 1.165) is 0 Å². The van der Waals surface area contributed by atoms with Gasteiger partial charge < -0.3 is 10.6 Å². The van der Waals surface area contributed by atoms with E-state index < -0.39 is 5.82 Å². The number of nitrogen functional groups attached to an aromatic ring is 1. The highest BCUT2D eigenvalue weighted by Crippen LogP contribution is 2.19. The van der Waals surface area contributed by atoms with Crippen LogP contribution in [0.5, 0.6) is 0 Å². The van der Waals surface area contributed by atoms with Gasteiger partial charge in [0.05, 0.1) is 11.3 Å². The molecule has 1 aromatic rings. The zero-order chi connectivity index (χ0) is 13.2. The molecule has 1 atom stereocenters. The third kappa shape index (κ3) is 2.75. The number of hydrogen-bond acceptors (Lipinski definition) is 2. The monoisotopic (exact) mass is 238 g/mol. The normalized spacial score (nSPS) is 12.6. The van der Waals surface area contributed by atoms with E-state index in [1.807, 2.05) is 20.8 Å². The van der Waals surface area contributed by atoms with E-state index in [-0.39, 0.29) is 23.2 Å². The van der Waals surface area contributed by atoms with Gasteiger partial charge in [0.25, 0.3) is 5.91 Å². The fraction of sp³-hybridized carbons (Fsp3) is 0.462. The molecule has 0 saturated carbocycles. The second-order valence-corrected chi connectivity index (χ2v) is 4.60. The highest BCUT2D eigenvalue weighted by atomic mass is 19.1. The van der Waals surface area contributed by atoms with Crippen molar-refractivity contribution in [1.29, 1.82) is 0 Å². The maximum absolute atomic E-state index is 13.3. The summed E-state index contributed by atoms with van der Waals surface area (Å²) in [5.41, 5.74) is 5.71. The van der Waals surface area contributed by atoms with Crippen molar-refractivity contribution in [3.8, 4) is 0 Å². The first-order valence-electron chi connectivity index (χ1n) is 5.67. The number of nitrogens with two attached hydrogens (primary N) is 1. The molecule has 0 radical (unpaired) electrons. The first kappa shape index (κ1) is 13.5. The van der Waals surface area contributed by atoms with Crippen molar-refractivity contribution in [2.24, 2.45) is 5.92 Å².